The highest BCUT2D eigenvalue weighted by atomic mass is 127. The fourth-order valence-electron chi connectivity index (χ4n) is 2.59. The van der Waals surface area contributed by atoms with Gasteiger partial charge in [0.05, 0.1) is 0 Å². The van der Waals surface area contributed by atoms with Crippen molar-refractivity contribution in [3.05, 3.63) is 0 Å². The monoisotopic (exact) mass is 410 g/mol. The van der Waals surface area contributed by atoms with E-state index in [2.05, 4.69) is 34.4 Å². The number of hydrogen-bond donors (Lipinski definition) is 2. The van der Waals surface area contributed by atoms with E-state index in [1.54, 1.807) is 0 Å². The third-order valence-electron chi connectivity index (χ3n) is 3.73. The Morgan fingerprint density at radius 1 is 1.00 bits per heavy atom. The largest absolute Gasteiger partial charge is 0.357 e. The van der Waals surface area contributed by atoms with Crippen LogP contribution in [-0.2, 0) is 0 Å². The average Bonchev–Trinajstić information content (AvgIpc) is 2.49. The van der Waals surface area contributed by atoms with Gasteiger partial charge in [-0.1, -0.05) is 19.8 Å². The first kappa shape index (κ1) is 21.0. The third kappa shape index (κ3) is 11.2. The van der Waals surface area contributed by atoms with Crippen molar-refractivity contribution in [3.8, 4) is 0 Å². The smallest absolute Gasteiger partial charge is 0.191 e. The SMILES string of the molecule is CCCN=C(NCC)NCCCCCN1CCCCC1.I. The number of piperidine rings is 1. The van der Waals surface area contributed by atoms with Gasteiger partial charge in [0.25, 0.3) is 0 Å². The van der Waals surface area contributed by atoms with Gasteiger partial charge in [-0.2, -0.15) is 0 Å². The van der Waals surface area contributed by atoms with Crippen molar-refractivity contribution >= 4 is 29.9 Å². The molecule has 0 aromatic rings. The quantitative estimate of drug-likeness (QED) is 0.265. The summed E-state index contributed by atoms with van der Waals surface area (Å²) in [6.07, 6.45) is 9.24. The molecule has 4 nitrogen and oxygen atoms in total. The van der Waals surface area contributed by atoms with Crippen molar-refractivity contribution in [1.82, 2.24) is 15.5 Å². The van der Waals surface area contributed by atoms with Gasteiger partial charge >= 0.3 is 0 Å². The molecule has 1 heterocycles. The molecule has 0 aliphatic carbocycles. The summed E-state index contributed by atoms with van der Waals surface area (Å²) in [5, 5.41) is 6.71. The lowest BCUT2D eigenvalue weighted by Crippen LogP contribution is -2.38. The maximum absolute atomic E-state index is 4.51. The maximum Gasteiger partial charge on any atom is 0.191 e. The van der Waals surface area contributed by atoms with E-state index in [0.29, 0.717) is 0 Å². The van der Waals surface area contributed by atoms with E-state index in [4.69, 9.17) is 0 Å². The molecule has 0 saturated carbocycles. The van der Waals surface area contributed by atoms with E-state index >= 15 is 0 Å². The number of guanidine groups is 1. The third-order valence-corrected chi connectivity index (χ3v) is 3.73. The Morgan fingerprint density at radius 3 is 2.43 bits per heavy atom. The van der Waals surface area contributed by atoms with Crippen LogP contribution < -0.4 is 10.6 Å². The topological polar surface area (TPSA) is 39.7 Å². The Kier molecular flexibility index (Phi) is 14.9. The normalized spacial score (nSPS) is 16.4. The molecule has 0 unspecified atom stereocenters. The van der Waals surface area contributed by atoms with E-state index in [9.17, 15) is 0 Å². The molecule has 0 atom stereocenters. The summed E-state index contributed by atoms with van der Waals surface area (Å²) >= 11 is 0. The number of halogens is 1. The van der Waals surface area contributed by atoms with Gasteiger partial charge in [-0.15, -0.1) is 24.0 Å². The van der Waals surface area contributed by atoms with Crippen molar-refractivity contribution in [2.45, 2.75) is 58.8 Å². The molecular weight excluding hydrogens is 375 g/mol. The molecule has 0 bridgehead atoms. The Morgan fingerprint density at radius 2 is 1.76 bits per heavy atom. The Bertz CT molecular complexity index is 253. The van der Waals surface area contributed by atoms with Crippen molar-refractivity contribution in [2.24, 2.45) is 4.99 Å². The molecule has 1 saturated heterocycles. The lowest BCUT2D eigenvalue weighted by molar-refractivity contribution is 0.224. The van der Waals surface area contributed by atoms with Gasteiger partial charge in [-0.3, -0.25) is 4.99 Å². The van der Waals surface area contributed by atoms with Crippen LogP contribution in [0.25, 0.3) is 0 Å². The summed E-state index contributed by atoms with van der Waals surface area (Å²) in [4.78, 5) is 7.14. The molecule has 0 amide bonds. The molecule has 1 aliphatic rings. The molecule has 1 rings (SSSR count). The van der Waals surface area contributed by atoms with Gasteiger partial charge in [-0.05, 0) is 58.7 Å². The van der Waals surface area contributed by atoms with E-state index in [1.807, 2.05) is 0 Å². The number of nitrogens with zero attached hydrogens (tertiary/aromatic N) is 2. The molecule has 5 heteroatoms. The van der Waals surface area contributed by atoms with Crippen molar-refractivity contribution in [1.29, 1.82) is 0 Å². The van der Waals surface area contributed by atoms with Crippen LogP contribution in [0.1, 0.15) is 58.8 Å². The first-order valence-corrected chi connectivity index (χ1v) is 8.61. The second-order valence-corrected chi connectivity index (χ2v) is 5.65. The fraction of sp³-hybridized carbons (Fsp3) is 0.938. The summed E-state index contributed by atoms with van der Waals surface area (Å²) in [6, 6.07) is 0. The summed E-state index contributed by atoms with van der Waals surface area (Å²) in [5.74, 6) is 0.977. The van der Waals surface area contributed by atoms with Crippen LogP contribution in [0, 0.1) is 0 Å². The number of unbranched alkanes of at least 4 members (excludes halogenated alkanes) is 2. The highest BCUT2D eigenvalue weighted by Crippen LogP contribution is 2.09. The highest BCUT2D eigenvalue weighted by Gasteiger charge is 2.08. The van der Waals surface area contributed by atoms with Crippen LogP contribution in [0.5, 0.6) is 0 Å². The first-order chi connectivity index (χ1) is 9.86. The van der Waals surface area contributed by atoms with Gasteiger partial charge in [0, 0.05) is 19.6 Å². The predicted molar refractivity (Wildman–Crippen MR) is 104 cm³/mol. The minimum atomic E-state index is 0. The first-order valence-electron chi connectivity index (χ1n) is 8.61. The molecule has 0 aromatic heterocycles. The van der Waals surface area contributed by atoms with Gasteiger partial charge in [0.2, 0.25) is 0 Å². The van der Waals surface area contributed by atoms with Crippen LogP contribution in [0.15, 0.2) is 4.99 Å². The van der Waals surface area contributed by atoms with Crippen molar-refractivity contribution in [3.63, 3.8) is 0 Å². The Balaban J connectivity index is 0.00000400. The van der Waals surface area contributed by atoms with Crippen LogP contribution in [0.2, 0.25) is 0 Å². The summed E-state index contributed by atoms with van der Waals surface area (Å²) in [6.45, 7) is 11.1. The van der Waals surface area contributed by atoms with E-state index in [0.717, 1.165) is 32.0 Å². The molecule has 1 aliphatic heterocycles. The number of aliphatic imine (C=N–C) groups is 1. The molecule has 0 aromatic carbocycles. The van der Waals surface area contributed by atoms with E-state index < -0.39 is 0 Å². The lowest BCUT2D eigenvalue weighted by Gasteiger charge is -2.26. The van der Waals surface area contributed by atoms with Gasteiger partial charge < -0.3 is 15.5 Å². The molecule has 21 heavy (non-hydrogen) atoms. The van der Waals surface area contributed by atoms with Crippen LogP contribution in [-0.4, -0.2) is 50.1 Å². The van der Waals surface area contributed by atoms with Crippen LogP contribution in [0.4, 0.5) is 0 Å². The van der Waals surface area contributed by atoms with Gasteiger partial charge in [0.1, 0.15) is 0 Å². The molecular formula is C16H35IN4. The minimum absolute atomic E-state index is 0. The zero-order valence-corrected chi connectivity index (χ0v) is 16.3. The minimum Gasteiger partial charge on any atom is -0.357 e. The number of likely N-dealkylation sites (tertiary alicyclic amines) is 1. The zero-order chi connectivity index (χ0) is 14.5. The number of hydrogen-bond acceptors (Lipinski definition) is 2. The molecule has 0 spiro atoms. The Labute approximate surface area is 148 Å². The average molecular weight is 410 g/mol. The molecule has 126 valence electrons. The molecule has 0 radical (unpaired) electrons. The van der Waals surface area contributed by atoms with Crippen molar-refractivity contribution in [2.75, 3.05) is 39.3 Å². The van der Waals surface area contributed by atoms with Crippen LogP contribution in [0.3, 0.4) is 0 Å². The molecule has 2 N–H and O–H groups in total. The summed E-state index contributed by atoms with van der Waals surface area (Å²) < 4.78 is 0. The lowest BCUT2D eigenvalue weighted by atomic mass is 10.1. The zero-order valence-electron chi connectivity index (χ0n) is 14.0. The number of rotatable bonds is 9. The number of nitrogens with one attached hydrogen (secondary N) is 2. The highest BCUT2D eigenvalue weighted by molar-refractivity contribution is 14.0. The standard InChI is InChI=1S/C16H34N4.HI/c1-3-11-18-16(17-4-2)19-12-7-5-8-13-20-14-9-6-10-15-20;/h3-15H2,1-2H3,(H2,17,18,19);1H. The van der Waals surface area contributed by atoms with Crippen LogP contribution >= 0.6 is 24.0 Å². The Hall–Kier alpha value is -0.0400. The summed E-state index contributed by atoms with van der Waals surface area (Å²) in [5.41, 5.74) is 0. The van der Waals surface area contributed by atoms with Gasteiger partial charge in [-0.25, -0.2) is 0 Å². The second-order valence-electron chi connectivity index (χ2n) is 5.65. The fourth-order valence-corrected chi connectivity index (χ4v) is 2.59. The van der Waals surface area contributed by atoms with E-state index in [1.165, 1.54) is 58.2 Å². The predicted octanol–water partition coefficient (Wildman–Crippen LogP) is 3.23. The maximum atomic E-state index is 4.51. The summed E-state index contributed by atoms with van der Waals surface area (Å²) in [7, 11) is 0. The molecule has 1 fully saturated rings. The van der Waals surface area contributed by atoms with Crippen molar-refractivity contribution < 1.29 is 0 Å². The second kappa shape index (κ2) is 14.9. The van der Waals surface area contributed by atoms with E-state index in [-0.39, 0.29) is 24.0 Å². The van der Waals surface area contributed by atoms with Gasteiger partial charge in [0.15, 0.2) is 5.96 Å².